The summed E-state index contributed by atoms with van der Waals surface area (Å²) < 4.78 is 0.947. The molecule has 0 spiro atoms. The predicted octanol–water partition coefficient (Wildman–Crippen LogP) is 4.32. The highest BCUT2D eigenvalue weighted by Gasteiger charge is 2.43. The molecule has 2 aromatic rings. The number of Topliss-reactive ketones (excluding diaryl/α,β-unsaturated/α-hetero) is 2. The van der Waals surface area contributed by atoms with Gasteiger partial charge in [-0.05, 0) is 55.2 Å². The zero-order valence-electron chi connectivity index (χ0n) is 16.3. The third kappa shape index (κ3) is 4.41. The molecule has 2 atom stereocenters. The zero-order valence-corrected chi connectivity index (χ0v) is 17.9. The largest absolute Gasteiger partial charge is 0.352 e. The molecule has 1 aliphatic rings. The Balaban J connectivity index is 1.67. The summed E-state index contributed by atoms with van der Waals surface area (Å²) in [5.41, 5.74) is 4.83. The van der Waals surface area contributed by atoms with Gasteiger partial charge in [-0.1, -0.05) is 45.8 Å². The molecule has 0 bridgehead atoms. The first-order valence-electron chi connectivity index (χ1n) is 9.41. The molecule has 3 rings (SSSR count). The lowest BCUT2D eigenvalue weighted by Gasteiger charge is -2.16. The van der Waals surface area contributed by atoms with Crippen molar-refractivity contribution in [1.29, 1.82) is 0 Å². The van der Waals surface area contributed by atoms with E-state index >= 15 is 0 Å². The van der Waals surface area contributed by atoms with Gasteiger partial charge in [0.15, 0.2) is 5.78 Å². The maximum Gasteiger partial charge on any atom is 0.221 e. The lowest BCUT2D eigenvalue weighted by atomic mass is 9.86. The van der Waals surface area contributed by atoms with Crippen molar-refractivity contribution >= 4 is 33.4 Å². The molecule has 0 aromatic heterocycles. The Labute approximate surface area is 173 Å². The number of rotatable bonds is 5. The average Bonchev–Trinajstić information content (AvgIpc) is 2.87. The van der Waals surface area contributed by atoms with E-state index in [1.165, 1.54) is 0 Å². The van der Waals surface area contributed by atoms with Crippen LogP contribution in [0.1, 0.15) is 46.6 Å². The Bertz CT molecular complexity index is 928. The highest BCUT2D eigenvalue weighted by molar-refractivity contribution is 9.10. The van der Waals surface area contributed by atoms with Gasteiger partial charge in [0.2, 0.25) is 5.91 Å². The summed E-state index contributed by atoms with van der Waals surface area (Å²) in [6, 6.07) is 11.7. The third-order valence-electron chi connectivity index (χ3n) is 5.29. The second kappa shape index (κ2) is 8.39. The topological polar surface area (TPSA) is 63.2 Å². The number of hydrogen-bond donors (Lipinski definition) is 1. The summed E-state index contributed by atoms with van der Waals surface area (Å²) in [5.74, 6) is -1.68. The maximum atomic E-state index is 13.0. The molecule has 5 heteroatoms. The number of carbonyl (C=O) groups excluding carboxylic acids is 3. The van der Waals surface area contributed by atoms with E-state index in [0.717, 1.165) is 32.3 Å². The van der Waals surface area contributed by atoms with Gasteiger partial charge in [-0.3, -0.25) is 14.4 Å². The molecule has 146 valence electrons. The van der Waals surface area contributed by atoms with Crippen LogP contribution >= 0.6 is 15.9 Å². The second-order valence-electron chi connectivity index (χ2n) is 7.63. The number of benzene rings is 2. The molecule has 4 nitrogen and oxygen atoms in total. The molecule has 0 heterocycles. The van der Waals surface area contributed by atoms with Gasteiger partial charge < -0.3 is 5.32 Å². The van der Waals surface area contributed by atoms with Crippen molar-refractivity contribution < 1.29 is 14.4 Å². The summed E-state index contributed by atoms with van der Waals surface area (Å²) in [6.07, 6.45) is 0.194. The SMILES string of the molecule is Cc1cc(C)c(C2C(=O)CC(CC(=O)NCc3cccc(Br)c3)C2=O)c(C)c1. The first-order valence-corrected chi connectivity index (χ1v) is 10.2. The van der Waals surface area contributed by atoms with Gasteiger partial charge in [-0.25, -0.2) is 0 Å². The number of nitrogens with one attached hydrogen (secondary N) is 1. The number of carbonyl (C=O) groups is 3. The second-order valence-corrected chi connectivity index (χ2v) is 8.54. The molecule has 2 aromatic carbocycles. The highest BCUT2D eigenvalue weighted by Crippen LogP contribution is 2.37. The Morgan fingerprint density at radius 2 is 1.79 bits per heavy atom. The van der Waals surface area contributed by atoms with E-state index in [0.29, 0.717) is 6.54 Å². The Morgan fingerprint density at radius 1 is 1.11 bits per heavy atom. The molecule has 0 radical (unpaired) electrons. The molecular weight excluding hydrogens is 418 g/mol. The molecule has 1 saturated carbocycles. The van der Waals surface area contributed by atoms with Crippen molar-refractivity contribution in [1.82, 2.24) is 5.32 Å². The fourth-order valence-corrected chi connectivity index (χ4v) is 4.57. The highest BCUT2D eigenvalue weighted by atomic mass is 79.9. The molecule has 2 unspecified atom stereocenters. The van der Waals surface area contributed by atoms with Crippen molar-refractivity contribution in [2.24, 2.45) is 5.92 Å². The summed E-state index contributed by atoms with van der Waals surface area (Å²) in [4.78, 5) is 37.9. The van der Waals surface area contributed by atoms with Crippen LogP contribution in [0, 0.1) is 26.7 Å². The van der Waals surface area contributed by atoms with Crippen LogP contribution in [0.4, 0.5) is 0 Å². The number of ketones is 2. The van der Waals surface area contributed by atoms with E-state index in [9.17, 15) is 14.4 Å². The predicted molar refractivity (Wildman–Crippen MR) is 112 cm³/mol. The quantitative estimate of drug-likeness (QED) is 0.702. The van der Waals surface area contributed by atoms with Crippen LogP contribution in [0.5, 0.6) is 0 Å². The van der Waals surface area contributed by atoms with Crippen LogP contribution in [0.25, 0.3) is 0 Å². The minimum absolute atomic E-state index is 0.0546. The number of aryl methyl sites for hydroxylation is 3. The van der Waals surface area contributed by atoms with Crippen LogP contribution in [0.2, 0.25) is 0 Å². The van der Waals surface area contributed by atoms with Gasteiger partial charge in [-0.2, -0.15) is 0 Å². The number of amides is 1. The van der Waals surface area contributed by atoms with Crippen LogP contribution < -0.4 is 5.32 Å². The van der Waals surface area contributed by atoms with Gasteiger partial charge in [0.1, 0.15) is 11.7 Å². The van der Waals surface area contributed by atoms with E-state index in [1.54, 1.807) is 0 Å². The van der Waals surface area contributed by atoms with Gasteiger partial charge in [0.25, 0.3) is 0 Å². The molecule has 0 saturated heterocycles. The fraction of sp³-hybridized carbons (Fsp3) is 0.348. The van der Waals surface area contributed by atoms with Crippen molar-refractivity contribution in [3.63, 3.8) is 0 Å². The first kappa shape index (κ1) is 20.5. The van der Waals surface area contributed by atoms with E-state index < -0.39 is 11.8 Å². The van der Waals surface area contributed by atoms with Gasteiger partial charge in [-0.15, -0.1) is 0 Å². The molecule has 1 N–H and O–H groups in total. The zero-order chi connectivity index (χ0) is 20.4. The number of hydrogen-bond acceptors (Lipinski definition) is 3. The van der Waals surface area contributed by atoms with Crippen LogP contribution in [-0.2, 0) is 20.9 Å². The molecular formula is C23H24BrNO3. The molecule has 0 aliphatic heterocycles. The third-order valence-corrected chi connectivity index (χ3v) is 5.79. The standard InChI is InChI=1S/C23H24BrNO3/c1-13-7-14(2)21(15(3)8-13)22-19(26)10-17(23(22)28)11-20(27)25-12-16-5-4-6-18(24)9-16/h4-9,17,22H,10-12H2,1-3H3,(H,25,27). The lowest BCUT2D eigenvalue weighted by molar-refractivity contribution is -0.128. The number of halogens is 1. The van der Waals surface area contributed by atoms with Gasteiger partial charge >= 0.3 is 0 Å². The van der Waals surface area contributed by atoms with Crippen molar-refractivity contribution in [2.45, 2.75) is 46.1 Å². The van der Waals surface area contributed by atoms with Gasteiger partial charge in [0.05, 0.1) is 0 Å². The van der Waals surface area contributed by atoms with E-state index in [-0.39, 0.29) is 30.3 Å². The van der Waals surface area contributed by atoms with E-state index in [4.69, 9.17) is 0 Å². The molecule has 1 amide bonds. The Morgan fingerprint density at radius 3 is 2.43 bits per heavy atom. The summed E-state index contributed by atoms with van der Waals surface area (Å²) in [6.45, 7) is 6.27. The lowest BCUT2D eigenvalue weighted by Crippen LogP contribution is -2.27. The summed E-state index contributed by atoms with van der Waals surface area (Å²) in [5, 5.41) is 2.85. The minimum atomic E-state index is -0.733. The van der Waals surface area contributed by atoms with Crippen molar-refractivity contribution in [2.75, 3.05) is 0 Å². The molecule has 1 fully saturated rings. The minimum Gasteiger partial charge on any atom is -0.352 e. The first-order chi connectivity index (χ1) is 13.3. The van der Waals surface area contributed by atoms with Crippen molar-refractivity contribution in [3.05, 3.63) is 68.7 Å². The van der Waals surface area contributed by atoms with Crippen LogP contribution in [0.15, 0.2) is 40.9 Å². The maximum absolute atomic E-state index is 13.0. The Kier molecular flexibility index (Phi) is 6.14. The van der Waals surface area contributed by atoms with Crippen molar-refractivity contribution in [3.8, 4) is 0 Å². The Hall–Kier alpha value is -2.27. The molecule has 1 aliphatic carbocycles. The monoisotopic (exact) mass is 441 g/mol. The molecule has 28 heavy (non-hydrogen) atoms. The smallest absolute Gasteiger partial charge is 0.221 e. The van der Waals surface area contributed by atoms with E-state index in [2.05, 4.69) is 21.2 Å². The summed E-state index contributed by atoms with van der Waals surface area (Å²) in [7, 11) is 0. The van der Waals surface area contributed by atoms with Gasteiger partial charge in [0, 0.05) is 29.8 Å². The summed E-state index contributed by atoms with van der Waals surface area (Å²) >= 11 is 3.40. The average molecular weight is 442 g/mol. The fourth-order valence-electron chi connectivity index (χ4n) is 4.12. The van der Waals surface area contributed by atoms with Crippen LogP contribution in [-0.4, -0.2) is 17.5 Å². The normalized spacial score (nSPS) is 19.1. The van der Waals surface area contributed by atoms with E-state index in [1.807, 2.05) is 57.2 Å². The van der Waals surface area contributed by atoms with Crippen LogP contribution in [0.3, 0.4) is 0 Å².